The molecule has 0 spiro atoms. The number of hydrogen-bond donors (Lipinski definition) is 2. The molecular weight excluding hydrogens is 286 g/mol. The molecule has 0 aliphatic carbocycles. The molecule has 0 heterocycles. The van der Waals surface area contributed by atoms with Crippen LogP contribution in [0.4, 0.5) is 0 Å². The molecule has 1 aromatic carbocycles. The summed E-state index contributed by atoms with van der Waals surface area (Å²) in [6, 6.07) is 2.92. The highest BCUT2D eigenvalue weighted by atomic mass is 16.5. The Balaban J connectivity index is 2.93. The first kappa shape index (κ1) is 18.1. The van der Waals surface area contributed by atoms with Crippen molar-refractivity contribution in [2.45, 2.75) is 32.9 Å². The zero-order valence-electron chi connectivity index (χ0n) is 13.8. The van der Waals surface area contributed by atoms with Crippen LogP contribution in [0.1, 0.15) is 25.8 Å². The summed E-state index contributed by atoms with van der Waals surface area (Å²) in [4.78, 5) is 11.3. The molecule has 6 heteroatoms. The largest absolute Gasteiger partial charge is 0.496 e. The number of carbonyl (C=O) groups is 1. The highest BCUT2D eigenvalue weighted by Gasteiger charge is 2.19. The minimum absolute atomic E-state index is 0.292. The van der Waals surface area contributed by atoms with E-state index in [1.807, 2.05) is 13.8 Å². The lowest BCUT2D eigenvalue weighted by molar-refractivity contribution is -0.140. The molecular formula is C16H25NO5. The molecule has 1 rings (SSSR count). The molecule has 2 N–H and O–H groups in total. The predicted octanol–water partition coefficient (Wildman–Crippen LogP) is 2.30. The maximum absolute atomic E-state index is 11.3. The Morgan fingerprint density at radius 3 is 2.09 bits per heavy atom. The van der Waals surface area contributed by atoms with E-state index in [4.69, 9.17) is 14.2 Å². The Hall–Kier alpha value is -1.95. The number of ether oxygens (including phenoxy) is 3. The highest BCUT2D eigenvalue weighted by Crippen LogP contribution is 2.34. The van der Waals surface area contributed by atoms with Gasteiger partial charge in [-0.15, -0.1) is 0 Å². The number of carboxylic acid groups (broad SMARTS) is 1. The van der Waals surface area contributed by atoms with Gasteiger partial charge in [-0.2, -0.15) is 0 Å². The number of nitrogens with one attached hydrogen (secondary N) is 1. The molecule has 124 valence electrons. The molecule has 0 aliphatic rings. The fraction of sp³-hybridized carbons (Fsp3) is 0.562. The summed E-state index contributed by atoms with van der Waals surface area (Å²) in [5, 5.41) is 12.3. The Morgan fingerprint density at radius 1 is 1.09 bits per heavy atom. The van der Waals surface area contributed by atoms with Gasteiger partial charge in [-0.25, -0.2) is 0 Å². The van der Waals surface area contributed by atoms with Crippen molar-refractivity contribution in [3.63, 3.8) is 0 Å². The standard InChI is InChI=1S/C16H25NO5/c1-10(2)6-12(16(18)19)17-9-11-7-14(21-4)15(22-5)8-13(11)20-3/h7-8,10,12,17H,6,9H2,1-5H3,(H,18,19)/t12-/m0/s1. The van der Waals surface area contributed by atoms with E-state index in [0.29, 0.717) is 36.1 Å². The first-order valence-electron chi connectivity index (χ1n) is 7.18. The van der Waals surface area contributed by atoms with Crippen molar-refractivity contribution in [2.24, 2.45) is 5.92 Å². The van der Waals surface area contributed by atoms with Gasteiger partial charge in [0.25, 0.3) is 0 Å². The molecule has 0 unspecified atom stereocenters. The van der Waals surface area contributed by atoms with Gasteiger partial charge in [-0.3, -0.25) is 4.79 Å². The molecule has 1 aromatic rings. The third-order valence-electron chi connectivity index (χ3n) is 3.33. The van der Waals surface area contributed by atoms with Crippen LogP contribution in [0.15, 0.2) is 12.1 Å². The molecule has 0 saturated carbocycles. The second-order valence-electron chi connectivity index (χ2n) is 5.42. The van der Waals surface area contributed by atoms with Crippen LogP contribution in [0.25, 0.3) is 0 Å². The maximum Gasteiger partial charge on any atom is 0.320 e. The lowest BCUT2D eigenvalue weighted by Gasteiger charge is -2.18. The van der Waals surface area contributed by atoms with E-state index < -0.39 is 12.0 Å². The number of hydrogen-bond acceptors (Lipinski definition) is 5. The Kier molecular flexibility index (Phi) is 6.98. The van der Waals surface area contributed by atoms with Gasteiger partial charge >= 0.3 is 5.97 Å². The van der Waals surface area contributed by atoms with Gasteiger partial charge in [0.2, 0.25) is 0 Å². The van der Waals surface area contributed by atoms with Crippen molar-refractivity contribution in [3.8, 4) is 17.2 Å². The number of methoxy groups -OCH3 is 3. The molecule has 0 aliphatic heterocycles. The molecule has 0 aromatic heterocycles. The summed E-state index contributed by atoms with van der Waals surface area (Å²) >= 11 is 0. The number of rotatable bonds is 9. The minimum Gasteiger partial charge on any atom is -0.496 e. The van der Waals surface area contributed by atoms with Gasteiger partial charge in [0.1, 0.15) is 11.8 Å². The van der Waals surface area contributed by atoms with Crippen LogP contribution in [0.5, 0.6) is 17.2 Å². The first-order valence-corrected chi connectivity index (χ1v) is 7.18. The van der Waals surface area contributed by atoms with E-state index in [1.54, 1.807) is 33.5 Å². The Morgan fingerprint density at radius 2 is 1.64 bits per heavy atom. The molecule has 0 bridgehead atoms. The van der Waals surface area contributed by atoms with E-state index in [-0.39, 0.29) is 0 Å². The van der Waals surface area contributed by atoms with E-state index in [9.17, 15) is 9.90 Å². The summed E-state index contributed by atoms with van der Waals surface area (Å²) in [5.74, 6) is 1.21. The van der Waals surface area contributed by atoms with Gasteiger partial charge in [0.15, 0.2) is 11.5 Å². The van der Waals surface area contributed by atoms with Crippen LogP contribution in [0.3, 0.4) is 0 Å². The van der Waals surface area contributed by atoms with E-state index in [1.165, 1.54) is 0 Å². The van der Waals surface area contributed by atoms with E-state index in [0.717, 1.165) is 5.56 Å². The van der Waals surface area contributed by atoms with Crippen LogP contribution in [0.2, 0.25) is 0 Å². The van der Waals surface area contributed by atoms with Crippen LogP contribution in [-0.4, -0.2) is 38.4 Å². The molecule has 22 heavy (non-hydrogen) atoms. The average Bonchev–Trinajstić information content (AvgIpc) is 2.49. The van der Waals surface area contributed by atoms with E-state index in [2.05, 4.69) is 5.32 Å². The van der Waals surface area contributed by atoms with Crippen molar-refractivity contribution < 1.29 is 24.1 Å². The number of carboxylic acids is 1. The normalized spacial score (nSPS) is 12.1. The lowest BCUT2D eigenvalue weighted by atomic mass is 10.0. The maximum atomic E-state index is 11.3. The Labute approximate surface area is 131 Å². The molecule has 0 fully saturated rings. The number of benzene rings is 1. The fourth-order valence-electron chi connectivity index (χ4n) is 2.21. The molecule has 0 saturated heterocycles. The summed E-state index contributed by atoms with van der Waals surface area (Å²) in [6.07, 6.45) is 0.560. The van der Waals surface area contributed by atoms with Gasteiger partial charge in [-0.1, -0.05) is 13.8 Å². The van der Waals surface area contributed by atoms with Crippen LogP contribution in [-0.2, 0) is 11.3 Å². The van der Waals surface area contributed by atoms with Gasteiger partial charge in [0.05, 0.1) is 21.3 Å². The zero-order valence-corrected chi connectivity index (χ0v) is 13.8. The van der Waals surface area contributed by atoms with Crippen molar-refractivity contribution in [3.05, 3.63) is 17.7 Å². The Bertz CT molecular complexity index is 502. The summed E-state index contributed by atoms with van der Waals surface area (Å²) in [7, 11) is 4.67. The predicted molar refractivity (Wildman–Crippen MR) is 83.8 cm³/mol. The topological polar surface area (TPSA) is 77.0 Å². The third kappa shape index (κ3) is 4.80. The van der Waals surface area contributed by atoms with Crippen LogP contribution < -0.4 is 19.5 Å². The zero-order chi connectivity index (χ0) is 16.7. The van der Waals surface area contributed by atoms with Crippen molar-refractivity contribution in [1.82, 2.24) is 5.32 Å². The average molecular weight is 311 g/mol. The van der Waals surface area contributed by atoms with Gasteiger partial charge in [-0.05, 0) is 18.4 Å². The highest BCUT2D eigenvalue weighted by molar-refractivity contribution is 5.73. The van der Waals surface area contributed by atoms with Crippen molar-refractivity contribution in [2.75, 3.05) is 21.3 Å². The summed E-state index contributed by atoms with van der Waals surface area (Å²) in [6.45, 7) is 4.36. The number of aliphatic carboxylic acids is 1. The fourth-order valence-corrected chi connectivity index (χ4v) is 2.21. The van der Waals surface area contributed by atoms with Gasteiger partial charge in [0, 0.05) is 18.2 Å². The summed E-state index contributed by atoms with van der Waals surface area (Å²) < 4.78 is 15.8. The minimum atomic E-state index is -0.854. The molecule has 1 atom stereocenters. The SMILES string of the molecule is COc1cc(OC)c(OC)cc1CN[C@@H](CC(C)C)C(=O)O. The monoisotopic (exact) mass is 311 g/mol. The molecule has 0 amide bonds. The third-order valence-corrected chi connectivity index (χ3v) is 3.33. The van der Waals surface area contributed by atoms with E-state index >= 15 is 0 Å². The second kappa shape index (κ2) is 8.48. The van der Waals surface area contributed by atoms with Gasteiger partial charge < -0.3 is 24.6 Å². The van der Waals surface area contributed by atoms with Crippen molar-refractivity contribution >= 4 is 5.97 Å². The molecule has 0 radical (unpaired) electrons. The molecule has 6 nitrogen and oxygen atoms in total. The smallest absolute Gasteiger partial charge is 0.320 e. The van der Waals surface area contributed by atoms with Crippen LogP contribution in [0, 0.1) is 5.92 Å². The summed E-state index contributed by atoms with van der Waals surface area (Å²) in [5.41, 5.74) is 0.815. The quantitative estimate of drug-likeness (QED) is 0.729. The lowest BCUT2D eigenvalue weighted by Crippen LogP contribution is -2.37. The van der Waals surface area contributed by atoms with Crippen LogP contribution >= 0.6 is 0 Å². The second-order valence-corrected chi connectivity index (χ2v) is 5.42. The first-order chi connectivity index (χ1) is 10.4. The van der Waals surface area contributed by atoms with Crippen molar-refractivity contribution in [1.29, 1.82) is 0 Å².